The Balaban J connectivity index is 1.38. The Morgan fingerprint density at radius 1 is 1.14 bits per heavy atom. The first-order chi connectivity index (χ1) is 10.7. The molecule has 0 spiro atoms. The summed E-state index contributed by atoms with van der Waals surface area (Å²) in [5.74, 6) is 2.58. The summed E-state index contributed by atoms with van der Waals surface area (Å²) in [6.45, 7) is 0. The van der Waals surface area contributed by atoms with Crippen LogP contribution in [0.3, 0.4) is 0 Å². The van der Waals surface area contributed by atoms with Crippen LogP contribution in [0.1, 0.15) is 57.8 Å². The number of alkyl halides is 2. The SMILES string of the molecule is O=C(OC1(C2CC3CCC2C3)CCCCC1)C1(C2N[I-]2)N[I-]1. The third-order valence-corrected chi connectivity index (χ3v) is 12.7. The number of carbonyl (C=O) groups excluding carboxylic acids is 1. The van der Waals surface area contributed by atoms with Crippen molar-refractivity contribution < 1.29 is 52.5 Å². The second-order valence-electron chi connectivity index (χ2n) is 7.78. The van der Waals surface area contributed by atoms with E-state index in [0.29, 0.717) is 9.97 Å². The van der Waals surface area contributed by atoms with E-state index < -0.39 is 0 Å². The van der Waals surface area contributed by atoms with Gasteiger partial charge in [-0.3, -0.25) is 0 Å². The standard InChI is InChI=1S/C16H24I2N2O2/c21-14(16(18-20-16)13-17-19-13)22-15(6-2-1-3-7-15)12-9-10-4-5-11(12)8-10/h10-13,19-20H,1-9H2/q-2. The second kappa shape index (κ2) is 5.42. The topological polar surface area (TPSA) is 70.2 Å². The molecule has 2 saturated heterocycles. The first-order valence-electron chi connectivity index (χ1n) is 8.75. The second-order valence-corrected chi connectivity index (χ2v) is 13.0. The van der Waals surface area contributed by atoms with Crippen LogP contribution in [0.15, 0.2) is 0 Å². The molecule has 0 aromatic heterocycles. The minimum absolute atomic E-state index is 0.0697. The van der Waals surface area contributed by atoms with Crippen molar-refractivity contribution in [3.63, 3.8) is 0 Å². The van der Waals surface area contributed by atoms with Crippen molar-refractivity contribution in [3.05, 3.63) is 0 Å². The van der Waals surface area contributed by atoms with Crippen LogP contribution in [-0.4, -0.2) is 19.2 Å². The molecule has 22 heavy (non-hydrogen) atoms. The molecule has 5 unspecified atom stereocenters. The van der Waals surface area contributed by atoms with E-state index in [1.54, 1.807) is 0 Å². The molecular weight excluding hydrogens is 506 g/mol. The average molecular weight is 530 g/mol. The number of esters is 1. The molecule has 5 fully saturated rings. The van der Waals surface area contributed by atoms with Gasteiger partial charge in [-0.1, -0.05) is 0 Å². The van der Waals surface area contributed by atoms with Crippen molar-refractivity contribution in [3.8, 4) is 0 Å². The predicted octanol–water partition coefficient (Wildman–Crippen LogP) is -4.09. The number of halogens is 2. The van der Waals surface area contributed by atoms with Gasteiger partial charge in [-0.05, 0) is 0 Å². The van der Waals surface area contributed by atoms with Crippen LogP contribution in [0.4, 0.5) is 0 Å². The Morgan fingerprint density at radius 2 is 1.91 bits per heavy atom. The van der Waals surface area contributed by atoms with Crippen molar-refractivity contribution in [2.75, 3.05) is 0 Å². The molecule has 0 aromatic carbocycles. The predicted molar refractivity (Wildman–Crippen MR) is 73.6 cm³/mol. The zero-order chi connectivity index (χ0) is 14.8. The fourth-order valence-corrected chi connectivity index (χ4v) is 11.2. The van der Waals surface area contributed by atoms with E-state index >= 15 is 0 Å². The van der Waals surface area contributed by atoms with Crippen molar-refractivity contribution in [1.82, 2.24) is 7.06 Å². The molecule has 5 atom stereocenters. The molecule has 126 valence electrons. The summed E-state index contributed by atoms with van der Waals surface area (Å²) in [5.41, 5.74) is -0.0939. The maximum atomic E-state index is 13.0. The molecular formula is C16H24I2N2O2-2. The van der Waals surface area contributed by atoms with Gasteiger partial charge >= 0.3 is 154 Å². The number of hydrogen-bond donors (Lipinski definition) is 2. The van der Waals surface area contributed by atoms with Crippen LogP contribution < -0.4 is 50.0 Å². The van der Waals surface area contributed by atoms with E-state index in [1.165, 1.54) is 44.9 Å². The van der Waals surface area contributed by atoms with Crippen LogP contribution in [0, 0.1) is 17.8 Å². The van der Waals surface area contributed by atoms with Gasteiger partial charge in [0.05, 0.1) is 0 Å². The van der Waals surface area contributed by atoms with Gasteiger partial charge in [0, 0.05) is 0 Å². The zero-order valence-electron chi connectivity index (χ0n) is 12.7. The van der Waals surface area contributed by atoms with Crippen molar-refractivity contribution in [2.45, 2.75) is 71.0 Å². The molecule has 3 saturated carbocycles. The third kappa shape index (κ3) is 2.37. The van der Waals surface area contributed by atoms with Crippen LogP contribution in [0.25, 0.3) is 0 Å². The van der Waals surface area contributed by atoms with E-state index in [2.05, 4.69) is 7.06 Å². The summed E-state index contributed by atoms with van der Waals surface area (Å²) in [7, 11) is 0. The van der Waals surface area contributed by atoms with Gasteiger partial charge in [-0.15, -0.1) is 0 Å². The summed E-state index contributed by atoms with van der Waals surface area (Å²) in [6.07, 6.45) is 11.7. The molecule has 4 nitrogen and oxygen atoms in total. The normalized spacial score (nSPS) is 48.9. The molecule has 2 bridgehead atoms. The zero-order valence-corrected chi connectivity index (χ0v) is 17.1. The number of carbonyl (C=O) groups is 1. The summed E-state index contributed by atoms with van der Waals surface area (Å²) in [5, 5.41) is 0. The Morgan fingerprint density at radius 3 is 2.45 bits per heavy atom. The Hall–Kier alpha value is 0.850. The monoisotopic (exact) mass is 530 g/mol. The van der Waals surface area contributed by atoms with Crippen LogP contribution in [0.2, 0.25) is 0 Å². The van der Waals surface area contributed by atoms with Gasteiger partial charge in [0.1, 0.15) is 0 Å². The maximum absolute atomic E-state index is 13.0. The van der Waals surface area contributed by atoms with Crippen molar-refractivity contribution in [2.24, 2.45) is 17.8 Å². The molecule has 2 aliphatic heterocycles. The summed E-state index contributed by atoms with van der Waals surface area (Å²) in [6, 6.07) is 0. The van der Waals surface area contributed by atoms with Crippen molar-refractivity contribution in [1.29, 1.82) is 0 Å². The van der Waals surface area contributed by atoms with Gasteiger partial charge in [0.25, 0.3) is 0 Å². The fourth-order valence-electron chi connectivity index (χ4n) is 5.36. The van der Waals surface area contributed by atoms with Gasteiger partial charge in [-0.2, -0.15) is 0 Å². The molecule has 2 N–H and O–H groups in total. The van der Waals surface area contributed by atoms with Gasteiger partial charge in [0.2, 0.25) is 0 Å². The Labute approximate surface area is 153 Å². The number of rotatable bonds is 4. The van der Waals surface area contributed by atoms with E-state index in [9.17, 15) is 4.79 Å². The number of hydrogen-bond acceptors (Lipinski definition) is 4. The van der Waals surface area contributed by atoms with E-state index in [0.717, 1.165) is 24.7 Å². The van der Waals surface area contributed by atoms with E-state index in [1.807, 2.05) is 0 Å². The Bertz CT molecular complexity index is 487. The van der Waals surface area contributed by atoms with Crippen LogP contribution in [-0.2, 0) is 9.53 Å². The minimum atomic E-state index is -0.214. The molecule has 2 heterocycles. The quantitative estimate of drug-likeness (QED) is 0.0970. The molecule has 5 rings (SSSR count). The molecule has 5 aliphatic rings. The summed E-state index contributed by atoms with van der Waals surface area (Å²) >= 11 is -0.0919. The summed E-state index contributed by atoms with van der Waals surface area (Å²) in [4.78, 5) is 13.0. The molecule has 6 heteroatoms. The number of nitrogens with one attached hydrogen (secondary N) is 2. The van der Waals surface area contributed by atoms with E-state index in [4.69, 9.17) is 4.74 Å². The third-order valence-electron chi connectivity index (χ3n) is 6.57. The first-order valence-corrected chi connectivity index (χ1v) is 13.2. The fraction of sp³-hybridized carbons (Fsp3) is 0.938. The van der Waals surface area contributed by atoms with Crippen LogP contribution >= 0.6 is 0 Å². The summed E-state index contributed by atoms with van der Waals surface area (Å²) < 4.78 is 13.6. The Kier molecular flexibility index (Phi) is 3.73. The number of ether oxygens (including phenoxy) is 1. The first kappa shape index (κ1) is 15.1. The van der Waals surface area contributed by atoms with E-state index in [-0.39, 0.29) is 58.1 Å². The number of fused-ring (bicyclic) bond motifs is 2. The van der Waals surface area contributed by atoms with Gasteiger partial charge in [-0.25, -0.2) is 0 Å². The van der Waals surface area contributed by atoms with Crippen LogP contribution in [0.5, 0.6) is 0 Å². The average Bonchev–Trinajstić information content (AvgIpc) is 3.44. The molecule has 0 aromatic rings. The molecule has 0 amide bonds. The van der Waals surface area contributed by atoms with Crippen molar-refractivity contribution >= 4 is 5.97 Å². The van der Waals surface area contributed by atoms with Gasteiger partial charge in [0.15, 0.2) is 0 Å². The van der Waals surface area contributed by atoms with Gasteiger partial charge < -0.3 is 0 Å². The molecule has 0 radical (unpaired) electrons. The molecule has 3 aliphatic carbocycles.